The molecule has 0 atom stereocenters. The Morgan fingerprint density at radius 1 is 1.14 bits per heavy atom. The first kappa shape index (κ1) is 21.3. The molecule has 0 saturated heterocycles. The Hall–Kier alpha value is -2.42. The number of anilines is 1. The molecule has 3 aromatic rings. The highest BCUT2D eigenvalue weighted by Gasteiger charge is 2.16. The van der Waals surface area contributed by atoms with Crippen molar-refractivity contribution in [2.24, 2.45) is 0 Å². The van der Waals surface area contributed by atoms with Crippen LogP contribution in [0.5, 0.6) is 0 Å². The molecule has 0 aliphatic rings. The van der Waals surface area contributed by atoms with E-state index in [1.54, 1.807) is 36.7 Å². The number of nitrogens with zero attached hydrogens (tertiary/aromatic N) is 5. The van der Waals surface area contributed by atoms with Gasteiger partial charge in [0.1, 0.15) is 0 Å². The second-order valence-electron chi connectivity index (χ2n) is 6.69. The molecule has 0 saturated carbocycles. The van der Waals surface area contributed by atoms with Crippen molar-refractivity contribution in [3.63, 3.8) is 0 Å². The van der Waals surface area contributed by atoms with Crippen LogP contribution >= 0.6 is 23.4 Å². The number of hydrogen-bond acceptors (Lipinski definition) is 6. The molecule has 1 amide bonds. The van der Waals surface area contributed by atoms with Gasteiger partial charge in [-0.3, -0.25) is 9.78 Å². The normalized spacial score (nSPS) is 11.0. The average molecular weight is 431 g/mol. The maximum absolute atomic E-state index is 12.3. The van der Waals surface area contributed by atoms with Crippen LogP contribution in [0.15, 0.2) is 53.9 Å². The van der Waals surface area contributed by atoms with E-state index in [0.717, 1.165) is 36.1 Å². The van der Waals surface area contributed by atoms with Crippen molar-refractivity contribution in [1.29, 1.82) is 0 Å². The van der Waals surface area contributed by atoms with E-state index in [9.17, 15) is 4.79 Å². The van der Waals surface area contributed by atoms with Crippen LogP contribution in [-0.4, -0.2) is 56.9 Å². The summed E-state index contributed by atoms with van der Waals surface area (Å²) in [7, 11) is 4.10. The Morgan fingerprint density at radius 2 is 1.86 bits per heavy atom. The first-order valence-electron chi connectivity index (χ1n) is 9.19. The second-order valence-corrected chi connectivity index (χ2v) is 8.07. The number of nitrogens with one attached hydrogen (secondary N) is 1. The molecule has 1 aromatic carbocycles. The number of amides is 1. The van der Waals surface area contributed by atoms with Gasteiger partial charge in [-0.1, -0.05) is 23.4 Å². The third-order valence-corrected chi connectivity index (χ3v) is 5.32. The second kappa shape index (κ2) is 10.4. The smallest absolute Gasteiger partial charge is 0.234 e. The number of hydrogen-bond donors (Lipinski definition) is 1. The lowest BCUT2D eigenvalue weighted by molar-refractivity contribution is -0.113. The van der Waals surface area contributed by atoms with E-state index in [1.807, 2.05) is 26.2 Å². The summed E-state index contributed by atoms with van der Waals surface area (Å²) in [6, 6.07) is 10.9. The van der Waals surface area contributed by atoms with Crippen molar-refractivity contribution in [2.75, 3.05) is 31.7 Å². The van der Waals surface area contributed by atoms with Crippen LogP contribution in [0.2, 0.25) is 5.02 Å². The summed E-state index contributed by atoms with van der Waals surface area (Å²) in [5, 5.41) is 12.9. The van der Waals surface area contributed by atoms with Gasteiger partial charge in [0.05, 0.1) is 5.75 Å². The Kier molecular flexibility index (Phi) is 7.62. The van der Waals surface area contributed by atoms with E-state index in [1.165, 1.54) is 11.8 Å². The number of halogens is 1. The van der Waals surface area contributed by atoms with Crippen LogP contribution in [0.4, 0.5) is 5.69 Å². The Labute approximate surface area is 179 Å². The number of carbonyl (C=O) groups excluding carboxylic acids is 1. The van der Waals surface area contributed by atoms with Crippen LogP contribution in [0.3, 0.4) is 0 Å². The van der Waals surface area contributed by atoms with E-state index in [2.05, 4.69) is 30.0 Å². The molecule has 2 aromatic heterocycles. The average Bonchev–Trinajstić information content (AvgIpc) is 3.11. The molecule has 0 bridgehead atoms. The van der Waals surface area contributed by atoms with Gasteiger partial charge in [0, 0.05) is 35.2 Å². The zero-order valence-electron chi connectivity index (χ0n) is 16.4. The highest BCUT2D eigenvalue weighted by molar-refractivity contribution is 7.99. The molecule has 0 unspecified atom stereocenters. The summed E-state index contributed by atoms with van der Waals surface area (Å²) in [5.74, 6) is 0.919. The summed E-state index contributed by atoms with van der Waals surface area (Å²) < 4.78 is 2.07. The van der Waals surface area contributed by atoms with Crippen molar-refractivity contribution in [2.45, 2.75) is 18.1 Å². The number of rotatable bonds is 9. The van der Waals surface area contributed by atoms with Gasteiger partial charge in [-0.2, -0.15) is 0 Å². The lowest BCUT2D eigenvalue weighted by atomic mass is 10.2. The van der Waals surface area contributed by atoms with E-state index in [0.29, 0.717) is 10.7 Å². The van der Waals surface area contributed by atoms with Gasteiger partial charge in [0.25, 0.3) is 0 Å². The first-order valence-corrected chi connectivity index (χ1v) is 10.6. The zero-order chi connectivity index (χ0) is 20.6. The van der Waals surface area contributed by atoms with E-state index < -0.39 is 0 Å². The Balaban J connectivity index is 1.69. The predicted molar refractivity (Wildman–Crippen MR) is 117 cm³/mol. The summed E-state index contributed by atoms with van der Waals surface area (Å²) in [6.07, 6.45) is 4.43. The minimum absolute atomic E-state index is 0.106. The molecule has 152 valence electrons. The third-order valence-electron chi connectivity index (χ3n) is 4.10. The lowest BCUT2D eigenvalue weighted by Crippen LogP contribution is -2.16. The van der Waals surface area contributed by atoms with Gasteiger partial charge in [-0.15, -0.1) is 10.2 Å². The molecule has 0 aliphatic heterocycles. The van der Waals surface area contributed by atoms with Crippen LogP contribution in [0.1, 0.15) is 6.42 Å². The lowest BCUT2D eigenvalue weighted by Gasteiger charge is -2.13. The SMILES string of the molecule is CN(C)CCCn1c(SCC(=O)Nc2ccc(Cl)cc2)nnc1-c1ccncc1. The summed E-state index contributed by atoms with van der Waals surface area (Å²) in [4.78, 5) is 18.5. The Morgan fingerprint density at radius 3 is 2.55 bits per heavy atom. The molecule has 0 radical (unpaired) electrons. The quantitative estimate of drug-likeness (QED) is 0.522. The third kappa shape index (κ3) is 6.28. The van der Waals surface area contributed by atoms with Crippen LogP contribution < -0.4 is 5.32 Å². The number of thioether (sulfide) groups is 1. The highest BCUT2D eigenvalue weighted by Crippen LogP contribution is 2.24. The number of carbonyl (C=O) groups is 1. The van der Waals surface area contributed by atoms with Gasteiger partial charge >= 0.3 is 0 Å². The fourth-order valence-electron chi connectivity index (χ4n) is 2.72. The minimum atomic E-state index is -0.106. The van der Waals surface area contributed by atoms with E-state index in [-0.39, 0.29) is 11.7 Å². The summed E-state index contributed by atoms with van der Waals surface area (Å²) >= 11 is 7.25. The predicted octanol–water partition coefficient (Wildman–Crippen LogP) is 3.68. The molecule has 0 aliphatic carbocycles. The molecule has 0 spiro atoms. The maximum Gasteiger partial charge on any atom is 0.234 e. The molecule has 1 N–H and O–H groups in total. The first-order chi connectivity index (χ1) is 14.0. The fourth-order valence-corrected chi connectivity index (χ4v) is 3.61. The standard InChI is InChI=1S/C20H23ClN6OS/c1-26(2)12-3-13-27-19(15-8-10-22-11-9-15)24-25-20(27)29-14-18(28)23-17-6-4-16(21)5-7-17/h4-11H,3,12-14H2,1-2H3,(H,23,28). The van der Waals surface area contributed by atoms with Crippen LogP contribution in [0, 0.1) is 0 Å². The van der Waals surface area contributed by atoms with Crippen molar-refractivity contribution in [3.8, 4) is 11.4 Å². The van der Waals surface area contributed by atoms with E-state index in [4.69, 9.17) is 11.6 Å². The monoisotopic (exact) mass is 430 g/mol. The van der Waals surface area contributed by atoms with Gasteiger partial charge in [-0.05, 0) is 63.5 Å². The van der Waals surface area contributed by atoms with Crippen molar-refractivity contribution < 1.29 is 4.79 Å². The largest absolute Gasteiger partial charge is 0.325 e. The van der Waals surface area contributed by atoms with Gasteiger partial charge in [0.2, 0.25) is 5.91 Å². The van der Waals surface area contributed by atoms with E-state index >= 15 is 0 Å². The molecule has 0 fully saturated rings. The topological polar surface area (TPSA) is 75.9 Å². The minimum Gasteiger partial charge on any atom is -0.325 e. The van der Waals surface area contributed by atoms with Crippen molar-refractivity contribution in [3.05, 3.63) is 53.8 Å². The summed E-state index contributed by atoms with van der Waals surface area (Å²) in [6.45, 7) is 1.72. The number of pyridine rings is 1. The molecule has 7 nitrogen and oxygen atoms in total. The maximum atomic E-state index is 12.3. The molecular weight excluding hydrogens is 408 g/mol. The fraction of sp³-hybridized carbons (Fsp3) is 0.300. The van der Waals surface area contributed by atoms with Gasteiger partial charge in [-0.25, -0.2) is 0 Å². The van der Waals surface area contributed by atoms with Crippen molar-refractivity contribution >= 4 is 35.0 Å². The van der Waals surface area contributed by atoms with Crippen molar-refractivity contribution in [1.82, 2.24) is 24.6 Å². The number of benzene rings is 1. The molecule has 29 heavy (non-hydrogen) atoms. The Bertz CT molecular complexity index is 930. The molecule has 2 heterocycles. The zero-order valence-corrected chi connectivity index (χ0v) is 18.0. The van der Waals surface area contributed by atoms with Crippen LogP contribution in [-0.2, 0) is 11.3 Å². The van der Waals surface area contributed by atoms with Gasteiger partial charge in [0.15, 0.2) is 11.0 Å². The molecular formula is C20H23ClN6OS. The molecule has 9 heteroatoms. The highest BCUT2D eigenvalue weighted by atomic mass is 35.5. The summed E-state index contributed by atoms with van der Waals surface area (Å²) in [5.41, 5.74) is 1.67. The van der Waals surface area contributed by atoms with Gasteiger partial charge < -0.3 is 14.8 Å². The number of aromatic nitrogens is 4. The van der Waals surface area contributed by atoms with Crippen LogP contribution in [0.25, 0.3) is 11.4 Å². The molecule has 3 rings (SSSR count).